The summed E-state index contributed by atoms with van der Waals surface area (Å²) in [5.41, 5.74) is 2.79. The predicted molar refractivity (Wildman–Crippen MR) is 90.3 cm³/mol. The minimum Gasteiger partial charge on any atom is -0.486 e. The van der Waals surface area contributed by atoms with E-state index in [-0.39, 0.29) is 11.9 Å². The third-order valence-corrected chi connectivity index (χ3v) is 3.64. The Kier molecular flexibility index (Phi) is 4.37. The monoisotopic (exact) mass is 312 g/mol. The number of rotatable bonds is 4. The summed E-state index contributed by atoms with van der Waals surface area (Å²) in [6, 6.07) is 13.0. The van der Waals surface area contributed by atoms with Gasteiger partial charge in [0.1, 0.15) is 19.3 Å². The average molecular weight is 312 g/mol. The highest BCUT2D eigenvalue weighted by Crippen LogP contribution is 2.32. The summed E-state index contributed by atoms with van der Waals surface area (Å²) >= 11 is 0. The summed E-state index contributed by atoms with van der Waals surface area (Å²) in [6.45, 7) is 4.93. The molecule has 2 N–H and O–H groups in total. The Bertz CT molecular complexity index is 698. The molecule has 5 heteroatoms. The molecule has 5 nitrogen and oxygen atoms in total. The minimum absolute atomic E-state index is 0.109. The topological polar surface area (TPSA) is 59.6 Å². The largest absolute Gasteiger partial charge is 0.486 e. The van der Waals surface area contributed by atoms with Crippen molar-refractivity contribution in [3.05, 3.63) is 48.0 Å². The Morgan fingerprint density at radius 3 is 2.39 bits per heavy atom. The van der Waals surface area contributed by atoms with Gasteiger partial charge in [-0.05, 0) is 38.1 Å². The van der Waals surface area contributed by atoms with Crippen LogP contribution in [-0.2, 0) is 4.79 Å². The average Bonchev–Trinajstić information content (AvgIpc) is 2.56. The molecule has 0 spiro atoms. The van der Waals surface area contributed by atoms with Crippen LogP contribution in [0.25, 0.3) is 0 Å². The zero-order valence-electron chi connectivity index (χ0n) is 13.3. The molecule has 3 rings (SSSR count). The van der Waals surface area contributed by atoms with Crippen LogP contribution in [-0.4, -0.2) is 25.2 Å². The third-order valence-electron chi connectivity index (χ3n) is 3.64. The second kappa shape index (κ2) is 6.60. The summed E-state index contributed by atoms with van der Waals surface area (Å²) in [5.74, 6) is 1.26. The second-order valence-corrected chi connectivity index (χ2v) is 5.58. The van der Waals surface area contributed by atoms with Gasteiger partial charge in [0.05, 0.1) is 0 Å². The van der Waals surface area contributed by atoms with E-state index >= 15 is 0 Å². The van der Waals surface area contributed by atoms with E-state index in [1.54, 1.807) is 6.07 Å². The fourth-order valence-electron chi connectivity index (χ4n) is 2.34. The molecule has 1 atom stereocenters. The number of hydrogen-bond acceptors (Lipinski definition) is 4. The van der Waals surface area contributed by atoms with E-state index in [4.69, 9.17) is 9.47 Å². The van der Waals surface area contributed by atoms with E-state index in [1.165, 1.54) is 5.56 Å². The highest BCUT2D eigenvalue weighted by Gasteiger charge is 2.16. The summed E-state index contributed by atoms with van der Waals surface area (Å²) in [5, 5.41) is 6.07. The van der Waals surface area contributed by atoms with Crippen LogP contribution >= 0.6 is 0 Å². The van der Waals surface area contributed by atoms with Crippen LogP contribution in [0.15, 0.2) is 42.5 Å². The normalized spacial score (nSPS) is 14.0. The first-order valence-corrected chi connectivity index (χ1v) is 7.65. The zero-order valence-corrected chi connectivity index (χ0v) is 13.3. The standard InChI is InChI=1S/C18H20N2O3/c1-12-3-5-14(6-4-12)19-13(2)18(21)20-15-7-8-16-17(11-15)23-10-9-22-16/h3-8,11,13,19H,9-10H2,1-2H3,(H,20,21)/t13-/m1/s1. The molecule has 0 aliphatic carbocycles. The number of fused-ring (bicyclic) bond motifs is 1. The van der Waals surface area contributed by atoms with E-state index in [9.17, 15) is 4.79 Å². The van der Waals surface area contributed by atoms with Crippen molar-refractivity contribution in [3.63, 3.8) is 0 Å². The van der Waals surface area contributed by atoms with Gasteiger partial charge in [-0.25, -0.2) is 0 Å². The van der Waals surface area contributed by atoms with Gasteiger partial charge in [-0.15, -0.1) is 0 Å². The van der Waals surface area contributed by atoms with Gasteiger partial charge in [0.2, 0.25) is 5.91 Å². The fraction of sp³-hybridized carbons (Fsp3) is 0.278. The van der Waals surface area contributed by atoms with Crippen molar-refractivity contribution in [1.82, 2.24) is 0 Å². The molecular weight excluding hydrogens is 292 g/mol. The molecule has 1 heterocycles. The van der Waals surface area contributed by atoms with E-state index in [2.05, 4.69) is 10.6 Å². The molecule has 1 amide bonds. The lowest BCUT2D eigenvalue weighted by molar-refractivity contribution is -0.116. The van der Waals surface area contributed by atoms with Crippen LogP contribution in [0, 0.1) is 6.92 Å². The summed E-state index contributed by atoms with van der Waals surface area (Å²) in [4.78, 5) is 12.3. The first kappa shape index (κ1) is 15.2. The van der Waals surface area contributed by atoms with Gasteiger partial charge < -0.3 is 20.1 Å². The number of benzene rings is 2. The highest BCUT2D eigenvalue weighted by molar-refractivity contribution is 5.96. The number of anilines is 2. The van der Waals surface area contributed by atoms with Gasteiger partial charge in [0.15, 0.2) is 11.5 Å². The molecule has 2 aromatic carbocycles. The molecule has 0 radical (unpaired) electrons. The molecule has 2 aromatic rings. The maximum absolute atomic E-state index is 12.3. The maximum Gasteiger partial charge on any atom is 0.246 e. The number of nitrogens with one attached hydrogen (secondary N) is 2. The number of amides is 1. The lowest BCUT2D eigenvalue weighted by Gasteiger charge is -2.20. The molecule has 0 unspecified atom stereocenters. The smallest absolute Gasteiger partial charge is 0.246 e. The molecule has 0 saturated heterocycles. The number of aryl methyl sites for hydroxylation is 1. The molecule has 1 aliphatic heterocycles. The molecule has 0 saturated carbocycles. The van der Waals surface area contributed by atoms with Crippen molar-refractivity contribution >= 4 is 17.3 Å². The first-order valence-electron chi connectivity index (χ1n) is 7.65. The number of ether oxygens (including phenoxy) is 2. The molecule has 120 valence electrons. The van der Waals surface area contributed by atoms with Crippen LogP contribution in [0.5, 0.6) is 11.5 Å². The quantitative estimate of drug-likeness (QED) is 0.910. The van der Waals surface area contributed by atoms with E-state index < -0.39 is 0 Å². The van der Waals surface area contributed by atoms with Crippen molar-refractivity contribution in [1.29, 1.82) is 0 Å². The van der Waals surface area contributed by atoms with E-state index in [1.807, 2.05) is 50.2 Å². The van der Waals surface area contributed by atoms with E-state index in [0.29, 0.717) is 30.4 Å². The van der Waals surface area contributed by atoms with Crippen molar-refractivity contribution in [2.75, 3.05) is 23.8 Å². The van der Waals surface area contributed by atoms with E-state index in [0.717, 1.165) is 5.69 Å². The van der Waals surface area contributed by atoms with Crippen molar-refractivity contribution in [2.45, 2.75) is 19.9 Å². The summed E-state index contributed by atoms with van der Waals surface area (Å²) in [7, 11) is 0. The Labute approximate surface area is 135 Å². The Morgan fingerprint density at radius 1 is 1.00 bits per heavy atom. The lowest BCUT2D eigenvalue weighted by Crippen LogP contribution is -2.31. The van der Waals surface area contributed by atoms with Gasteiger partial charge in [-0.2, -0.15) is 0 Å². The van der Waals surface area contributed by atoms with Crippen LogP contribution in [0.1, 0.15) is 12.5 Å². The van der Waals surface area contributed by atoms with Gasteiger partial charge in [-0.1, -0.05) is 17.7 Å². The Morgan fingerprint density at radius 2 is 1.65 bits per heavy atom. The highest BCUT2D eigenvalue weighted by atomic mass is 16.6. The maximum atomic E-state index is 12.3. The molecule has 0 fully saturated rings. The predicted octanol–water partition coefficient (Wildman–Crippen LogP) is 3.21. The fourth-order valence-corrected chi connectivity index (χ4v) is 2.34. The molecule has 23 heavy (non-hydrogen) atoms. The minimum atomic E-state index is -0.356. The van der Waals surface area contributed by atoms with Crippen LogP contribution < -0.4 is 20.1 Å². The summed E-state index contributed by atoms with van der Waals surface area (Å²) < 4.78 is 11.0. The van der Waals surface area contributed by atoms with Crippen LogP contribution in [0.3, 0.4) is 0 Å². The molecular formula is C18H20N2O3. The molecule has 1 aliphatic rings. The lowest BCUT2D eigenvalue weighted by atomic mass is 10.2. The SMILES string of the molecule is Cc1ccc(N[C@H](C)C(=O)Nc2ccc3c(c2)OCCO3)cc1. The van der Waals surface area contributed by atoms with Crippen LogP contribution in [0.4, 0.5) is 11.4 Å². The van der Waals surface area contributed by atoms with Crippen molar-refractivity contribution < 1.29 is 14.3 Å². The van der Waals surface area contributed by atoms with Crippen LogP contribution in [0.2, 0.25) is 0 Å². The number of carbonyl (C=O) groups excluding carboxylic acids is 1. The van der Waals surface area contributed by atoms with Gasteiger partial charge >= 0.3 is 0 Å². The van der Waals surface area contributed by atoms with Gasteiger partial charge in [0.25, 0.3) is 0 Å². The molecule has 0 bridgehead atoms. The number of carbonyl (C=O) groups is 1. The van der Waals surface area contributed by atoms with Gasteiger partial charge in [-0.3, -0.25) is 4.79 Å². The Balaban J connectivity index is 1.63. The Hall–Kier alpha value is -2.69. The van der Waals surface area contributed by atoms with Crippen molar-refractivity contribution in [2.24, 2.45) is 0 Å². The second-order valence-electron chi connectivity index (χ2n) is 5.58. The number of hydrogen-bond donors (Lipinski definition) is 2. The van der Waals surface area contributed by atoms with Crippen molar-refractivity contribution in [3.8, 4) is 11.5 Å². The first-order chi connectivity index (χ1) is 11.1. The third kappa shape index (κ3) is 3.74. The summed E-state index contributed by atoms with van der Waals surface area (Å²) in [6.07, 6.45) is 0. The van der Waals surface area contributed by atoms with Gasteiger partial charge in [0, 0.05) is 17.4 Å². The zero-order chi connectivity index (χ0) is 16.2. The molecule has 0 aromatic heterocycles.